The number of benzene rings is 1. The number of nitrogens with zero attached hydrogens (tertiary/aromatic N) is 1. The number of rotatable bonds is 3. The molecule has 0 aliphatic rings. The molecule has 0 aliphatic heterocycles. The highest BCUT2D eigenvalue weighted by molar-refractivity contribution is 6.30. The van der Waals surface area contributed by atoms with Crippen molar-refractivity contribution in [3.63, 3.8) is 0 Å². The maximum absolute atomic E-state index is 13.0. The zero-order chi connectivity index (χ0) is 9.68. The van der Waals surface area contributed by atoms with Gasteiger partial charge in [-0.05, 0) is 25.1 Å². The van der Waals surface area contributed by atoms with Crippen LogP contribution in [0.15, 0.2) is 23.4 Å². The number of hydrogen-bond acceptors (Lipinski definition) is 2. The largest absolute Gasteiger partial charge is 0.396 e. The smallest absolute Gasteiger partial charge is 0.132 e. The molecule has 1 aromatic rings. The van der Waals surface area contributed by atoms with Crippen LogP contribution in [-0.4, -0.2) is 12.8 Å². The molecule has 0 atom stereocenters. The van der Waals surface area contributed by atoms with E-state index < -0.39 is 0 Å². The van der Waals surface area contributed by atoms with Crippen molar-refractivity contribution in [3.05, 3.63) is 34.6 Å². The van der Waals surface area contributed by atoms with Crippen molar-refractivity contribution in [2.45, 2.75) is 6.92 Å². The quantitative estimate of drug-likeness (QED) is 0.544. The van der Waals surface area contributed by atoms with Gasteiger partial charge in [-0.1, -0.05) is 16.8 Å². The zero-order valence-corrected chi connectivity index (χ0v) is 7.88. The molecule has 0 saturated heterocycles. The molecule has 0 aromatic heterocycles. The molecule has 0 saturated carbocycles. The van der Waals surface area contributed by atoms with E-state index in [2.05, 4.69) is 5.16 Å². The average molecular weight is 202 g/mol. The highest BCUT2D eigenvalue weighted by Crippen LogP contribution is 2.12. The van der Waals surface area contributed by atoms with Crippen molar-refractivity contribution in [1.82, 2.24) is 0 Å². The van der Waals surface area contributed by atoms with Gasteiger partial charge in [0.25, 0.3) is 0 Å². The van der Waals surface area contributed by atoms with Gasteiger partial charge >= 0.3 is 0 Å². The summed E-state index contributed by atoms with van der Waals surface area (Å²) in [6.45, 7) is 2.25. The molecular formula is C9H9ClFNO. The van der Waals surface area contributed by atoms with E-state index in [1.54, 1.807) is 6.92 Å². The molecule has 0 fully saturated rings. The van der Waals surface area contributed by atoms with Crippen molar-refractivity contribution in [2.24, 2.45) is 5.16 Å². The first-order valence-electron chi connectivity index (χ1n) is 3.84. The van der Waals surface area contributed by atoms with E-state index in [4.69, 9.17) is 16.4 Å². The van der Waals surface area contributed by atoms with E-state index in [-0.39, 0.29) is 5.82 Å². The molecule has 0 amide bonds. The topological polar surface area (TPSA) is 21.6 Å². The summed E-state index contributed by atoms with van der Waals surface area (Å²) in [7, 11) is 0. The summed E-state index contributed by atoms with van der Waals surface area (Å²) in [4.78, 5) is 4.69. The van der Waals surface area contributed by atoms with Gasteiger partial charge in [0.15, 0.2) is 0 Å². The van der Waals surface area contributed by atoms with Crippen LogP contribution in [0.25, 0.3) is 0 Å². The van der Waals surface area contributed by atoms with Gasteiger partial charge in [0, 0.05) is 10.6 Å². The second-order valence-corrected chi connectivity index (χ2v) is 2.75. The number of hydrogen-bond donors (Lipinski definition) is 0. The van der Waals surface area contributed by atoms with Crippen molar-refractivity contribution in [3.8, 4) is 0 Å². The Morgan fingerprint density at radius 1 is 1.62 bits per heavy atom. The monoisotopic (exact) mass is 201 g/mol. The van der Waals surface area contributed by atoms with E-state index >= 15 is 0 Å². The lowest BCUT2D eigenvalue weighted by Crippen LogP contribution is -1.89. The Morgan fingerprint density at radius 2 is 2.38 bits per heavy atom. The molecule has 1 rings (SSSR count). The van der Waals surface area contributed by atoms with Crippen molar-refractivity contribution < 1.29 is 9.23 Å². The fourth-order valence-corrected chi connectivity index (χ4v) is 0.963. The van der Waals surface area contributed by atoms with Crippen molar-refractivity contribution in [2.75, 3.05) is 6.61 Å². The van der Waals surface area contributed by atoms with Gasteiger partial charge in [0.1, 0.15) is 12.4 Å². The number of halogens is 2. The molecule has 0 unspecified atom stereocenters. The molecule has 0 N–H and O–H groups in total. The number of oxime groups is 1. The van der Waals surface area contributed by atoms with Crippen LogP contribution in [0.1, 0.15) is 12.5 Å². The molecular weight excluding hydrogens is 193 g/mol. The van der Waals surface area contributed by atoms with E-state index in [1.165, 1.54) is 24.4 Å². The Kier molecular flexibility index (Phi) is 3.71. The molecule has 1 aromatic carbocycles. The van der Waals surface area contributed by atoms with Gasteiger partial charge in [0.05, 0.1) is 6.21 Å². The maximum Gasteiger partial charge on any atom is 0.132 e. The van der Waals surface area contributed by atoms with Gasteiger partial charge in [-0.2, -0.15) is 0 Å². The summed E-state index contributed by atoms with van der Waals surface area (Å²) < 4.78 is 13.0. The predicted octanol–water partition coefficient (Wildman–Crippen LogP) is 2.85. The minimum atomic E-state index is -0.368. The van der Waals surface area contributed by atoms with Crippen LogP contribution < -0.4 is 0 Å². The Labute approximate surface area is 81.0 Å². The summed E-state index contributed by atoms with van der Waals surface area (Å²) in [6, 6.07) is 4.25. The lowest BCUT2D eigenvalue weighted by Gasteiger charge is -1.96. The molecule has 4 heteroatoms. The summed E-state index contributed by atoms with van der Waals surface area (Å²) in [5.74, 6) is -0.368. The van der Waals surface area contributed by atoms with Crippen molar-refractivity contribution in [1.29, 1.82) is 0 Å². The van der Waals surface area contributed by atoms with Crippen LogP contribution in [-0.2, 0) is 4.84 Å². The minimum absolute atomic E-state index is 0.320. The van der Waals surface area contributed by atoms with E-state index in [1.807, 2.05) is 0 Å². The fraction of sp³-hybridized carbons (Fsp3) is 0.222. The van der Waals surface area contributed by atoms with E-state index in [0.717, 1.165) is 0 Å². The Bertz CT molecular complexity index is 314. The summed E-state index contributed by atoms with van der Waals surface area (Å²) in [6.07, 6.45) is 1.30. The predicted molar refractivity (Wildman–Crippen MR) is 50.6 cm³/mol. The fourth-order valence-electron chi connectivity index (χ4n) is 0.782. The standard InChI is InChI=1S/C9H9ClFNO/c1-2-13-12-6-7-5-8(10)3-4-9(7)11/h3-6H,2H2,1H3/b12-6+. The minimum Gasteiger partial charge on any atom is -0.396 e. The second-order valence-electron chi connectivity index (χ2n) is 2.32. The Balaban J connectivity index is 2.81. The van der Waals surface area contributed by atoms with Gasteiger partial charge in [0.2, 0.25) is 0 Å². The first kappa shape index (κ1) is 9.99. The molecule has 13 heavy (non-hydrogen) atoms. The van der Waals surface area contributed by atoms with E-state index in [0.29, 0.717) is 17.2 Å². The summed E-state index contributed by atoms with van der Waals surface area (Å²) in [5.41, 5.74) is 0.320. The average Bonchev–Trinajstić information content (AvgIpc) is 2.11. The lowest BCUT2D eigenvalue weighted by atomic mass is 10.2. The van der Waals surface area contributed by atoms with Crippen LogP contribution in [0.2, 0.25) is 5.02 Å². The molecule has 0 aliphatic carbocycles. The van der Waals surface area contributed by atoms with Crippen LogP contribution in [0.4, 0.5) is 4.39 Å². The highest BCUT2D eigenvalue weighted by Gasteiger charge is 1.99. The molecule has 0 heterocycles. The molecule has 0 radical (unpaired) electrons. The van der Waals surface area contributed by atoms with Crippen LogP contribution in [0.5, 0.6) is 0 Å². The molecule has 2 nitrogen and oxygen atoms in total. The molecule has 0 spiro atoms. The van der Waals surface area contributed by atoms with Gasteiger partial charge in [-0.25, -0.2) is 4.39 Å². The third-order valence-electron chi connectivity index (χ3n) is 1.35. The first-order valence-corrected chi connectivity index (χ1v) is 4.22. The van der Waals surface area contributed by atoms with Crippen LogP contribution in [0, 0.1) is 5.82 Å². The summed E-state index contributed by atoms with van der Waals surface area (Å²) in [5, 5.41) is 4.01. The molecule has 0 bridgehead atoms. The zero-order valence-electron chi connectivity index (χ0n) is 7.13. The van der Waals surface area contributed by atoms with Gasteiger partial charge < -0.3 is 4.84 Å². The van der Waals surface area contributed by atoms with Crippen LogP contribution >= 0.6 is 11.6 Å². The third-order valence-corrected chi connectivity index (χ3v) is 1.59. The van der Waals surface area contributed by atoms with Crippen molar-refractivity contribution >= 4 is 17.8 Å². The normalized spacial score (nSPS) is 10.7. The Hall–Kier alpha value is -1.09. The first-order chi connectivity index (χ1) is 6.24. The lowest BCUT2D eigenvalue weighted by molar-refractivity contribution is 0.160. The van der Waals surface area contributed by atoms with Gasteiger partial charge in [-0.15, -0.1) is 0 Å². The summed E-state index contributed by atoms with van der Waals surface area (Å²) >= 11 is 5.66. The Morgan fingerprint density at radius 3 is 3.08 bits per heavy atom. The highest BCUT2D eigenvalue weighted by atomic mass is 35.5. The molecule has 70 valence electrons. The van der Waals surface area contributed by atoms with Gasteiger partial charge in [-0.3, -0.25) is 0 Å². The van der Waals surface area contributed by atoms with E-state index in [9.17, 15) is 4.39 Å². The SMILES string of the molecule is CCO/N=C/c1cc(Cl)ccc1F. The third kappa shape index (κ3) is 3.03. The van der Waals surface area contributed by atoms with Crippen LogP contribution in [0.3, 0.4) is 0 Å². The second kappa shape index (κ2) is 4.82. The maximum atomic E-state index is 13.0.